The third kappa shape index (κ3) is 2.34. The number of carbonyl (C=O) groups is 1. The highest BCUT2D eigenvalue weighted by molar-refractivity contribution is 9.10. The van der Waals surface area contributed by atoms with Crippen molar-refractivity contribution in [2.45, 2.75) is 0 Å². The molecule has 94 valence electrons. The molecule has 1 nitrogen and oxygen atoms in total. The molecule has 1 heterocycles. The fraction of sp³-hybridized carbons (Fsp3) is 0. The van der Waals surface area contributed by atoms with Gasteiger partial charge in [-0.2, -0.15) is 0 Å². The molecular formula is C15H8BrClOS. The smallest absolute Gasteiger partial charge is 0.194 e. The normalized spacial score (nSPS) is 10.8. The van der Waals surface area contributed by atoms with Crippen LogP contribution in [0.3, 0.4) is 0 Å². The van der Waals surface area contributed by atoms with E-state index in [2.05, 4.69) is 15.9 Å². The van der Waals surface area contributed by atoms with Crippen LogP contribution in [0.15, 0.2) is 52.3 Å². The Bertz CT molecular complexity index is 779. The van der Waals surface area contributed by atoms with E-state index in [1.54, 1.807) is 35.6 Å². The summed E-state index contributed by atoms with van der Waals surface area (Å²) in [7, 11) is 0. The lowest BCUT2D eigenvalue weighted by molar-refractivity contribution is 0.104. The quantitative estimate of drug-likeness (QED) is 0.553. The van der Waals surface area contributed by atoms with Crippen LogP contribution in [0.1, 0.15) is 15.9 Å². The van der Waals surface area contributed by atoms with Crippen molar-refractivity contribution in [2.75, 3.05) is 0 Å². The molecule has 0 bridgehead atoms. The van der Waals surface area contributed by atoms with E-state index in [0.717, 1.165) is 20.1 Å². The second-order valence-corrected chi connectivity index (χ2v) is 6.28. The number of hydrogen-bond acceptors (Lipinski definition) is 2. The van der Waals surface area contributed by atoms with Crippen LogP contribution in [-0.4, -0.2) is 5.78 Å². The minimum Gasteiger partial charge on any atom is -0.289 e. The number of thiophene rings is 1. The molecule has 3 aromatic rings. The standard InChI is InChI=1S/C15H8BrClOS/c16-13-6-2-5-11-12(8-19-15(11)13)14(18)9-3-1-4-10(17)7-9/h1-8H. The molecule has 0 aliphatic rings. The Balaban J connectivity index is 2.15. The molecular weight excluding hydrogens is 344 g/mol. The SMILES string of the molecule is O=C(c1cccc(Cl)c1)c1csc2c(Br)cccc12. The van der Waals surface area contributed by atoms with Crippen molar-refractivity contribution in [3.05, 3.63) is 68.5 Å². The van der Waals surface area contributed by atoms with Crippen LogP contribution in [0.5, 0.6) is 0 Å². The summed E-state index contributed by atoms with van der Waals surface area (Å²) in [4.78, 5) is 12.5. The first kappa shape index (κ1) is 12.9. The maximum atomic E-state index is 12.5. The molecule has 2 aromatic carbocycles. The molecule has 0 N–H and O–H groups in total. The Hall–Kier alpha value is -1.16. The van der Waals surface area contributed by atoms with Crippen LogP contribution in [0.4, 0.5) is 0 Å². The van der Waals surface area contributed by atoms with Crippen LogP contribution in [0.2, 0.25) is 5.02 Å². The maximum Gasteiger partial charge on any atom is 0.194 e. The van der Waals surface area contributed by atoms with Gasteiger partial charge in [0.2, 0.25) is 0 Å². The van der Waals surface area contributed by atoms with Crippen LogP contribution >= 0.6 is 38.9 Å². The van der Waals surface area contributed by atoms with Gasteiger partial charge in [-0.15, -0.1) is 11.3 Å². The third-order valence-corrected chi connectivity index (χ3v) is 5.07. The molecule has 0 radical (unpaired) electrons. The van der Waals surface area contributed by atoms with Gasteiger partial charge >= 0.3 is 0 Å². The van der Waals surface area contributed by atoms with Gasteiger partial charge in [0.1, 0.15) is 0 Å². The number of fused-ring (bicyclic) bond motifs is 1. The third-order valence-electron chi connectivity index (χ3n) is 2.88. The Labute approximate surface area is 128 Å². The first-order valence-corrected chi connectivity index (χ1v) is 7.68. The average Bonchev–Trinajstić information content (AvgIpc) is 2.83. The van der Waals surface area contributed by atoms with E-state index >= 15 is 0 Å². The van der Waals surface area contributed by atoms with Gasteiger partial charge < -0.3 is 0 Å². The first-order valence-electron chi connectivity index (χ1n) is 5.63. The zero-order valence-corrected chi connectivity index (χ0v) is 12.8. The zero-order chi connectivity index (χ0) is 13.4. The van der Waals surface area contributed by atoms with E-state index in [4.69, 9.17) is 11.6 Å². The number of halogens is 2. The van der Waals surface area contributed by atoms with E-state index < -0.39 is 0 Å². The van der Waals surface area contributed by atoms with E-state index in [1.165, 1.54) is 0 Å². The lowest BCUT2D eigenvalue weighted by Gasteiger charge is -2.01. The van der Waals surface area contributed by atoms with Gasteiger partial charge in [0.15, 0.2) is 5.78 Å². The predicted octanol–water partition coefficient (Wildman–Crippen LogP) is 5.55. The highest BCUT2D eigenvalue weighted by Gasteiger charge is 2.15. The van der Waals surface area contributed by atoms with Gasteiger partial charge in [-0.25, -0.2) is 0 Å². The number of rotatable bonds is 2. The van der Waals surface area contributed by atoms with Crippen LogP contribution in [-0.2, 0) is 0 Å². The molecule has 0 saturated carbocycles. The van der Waals surface area contributed by atoms with Crippen molar-refractivity contribution < 1.29 is 4.79 Å². The lowest BCUT2D eigenvalue weighted by Crippen LogP contribution is -1.99. The second-order valence-electron chi connectivity index (χ2n) is 4.11. The minimum absolute atomic E-state index is 0.00634. The number of hydrogen-bond donors (Lipinski definition) is 0. The summed E-state index contributed by atoms with van der Waals surface area (Å²) in [5.74, 6) is 0.00634. The van der Waals surface area contributed by atoms with Gasteiger partial charge in [0.25, 0.3) is 0 Å². The first-order chi connectivity index (χ1) is 9.16. The average molecular weight is 352 g/mol. The molecule has 3 rings (SSSR count). The second kappa shape index (κ2) is 5.08. The topological polar surface area (TPSA) is 17.1 Å². The van der Waals surface area contributed by atoms with Gasteiger partial charge in [-0.3, -0.25) is 4.79 Å². The number of benzene rings is 2. The molecule has 0 unspecified atom stereocenters. The molecule has 0 aliphatic heterocycles. The Morgan fingerprint density at radius 1 is 1.16 bits per heavy atom. The monoisotopic (exact) mass is 350 g/mol. The van der Waals surface area contributed by atoms with Crippen molar-refractivity contribution in [1.82, 2.24) is 0 Å². The van der Waals surface area contributed by atoms with Gasteiger partial charge in [0, 0.05) is 36.1 Å². The predicted molar refractivity (Wildman–Crippen MR) is 84.4 cm³/mol. The highest BCUT2D eigenvalue weighted by atomic mass is 79.9. The van der Waals surface area contributed by atoms with Gasteiger partial charge in [-0.1, -0.05) is 35.9 Å². The van der Waals surface area contributed by atoms with Crippen molar-refractivity contribution in [1.29, 1.82) is 0 Å². The summed E-state index contributed by atoms with van der Waals surface area (Å²) in [6.45, 7) is 0. The molecule has 1 aromatic heterocycles. The molecule has 0 saturated heterocycles. The Kier molecular flexibility index (Phi) is 3.44. The van der Waals surface area contributed by atoms with Crippen LogP contribution in [0, 0.1) is 0 Å². The molecule has 0 fully saturated rings. The summed E-state index contributed by atoms with van der Waals surface area (Å²) in [5, 5.41) is 3.45. The summed E-state index contributed by atoms with van der Waals surface area (Å²) in [6.07, 6.45) is 0. The lowest BCUT2D eigenvalue weighted by atomic mass is 10.0. The molecule has 0 atom stereocenters. The van der Waals surface area contributed by atoms with Crippen LogP contribution in [0.25, 0.3) is 10.1 Å². The fourth-order valence-electron chi connectivity index (χ4n) is 1.98. The Morgan fingerprint density at radius 2 is 1.95 bits per heavy atom. The molecule has 4 heteroatoms. The molecule has 0 spiro atoms. The van der Waals surface area contributed by atoms with E-state index in [1.807, 2.05) is 23.6 Å². The highest BCUT2D eigenvalue weighted by Crippen LogP contribution is 2.33. The summed E-state index contributed by atoms with van der Waals surface area (Å²) in [5.41, 5.74) is 1.34. The zero-order valence-electron chi connectivity index (χ0n) is 9.69. The van der Waals surface area contributed by atoms with E-state index in [-0.39, 0.29) is 5.78 Å². The minimum atomic E-state index is 0.00634. The summed E-state index contributed by atoms with van der Waals surface area (Å²) in [6, 6.07) is 12.9. The summed E-state index contributed by atoms with van der Waals surface area (Å²) >= 11 is 11.0. The van der Waals surface area contributed by atoms with Crippen molar-refractivity contribution >= 4 is 54.7 Å². The van der Waals surface area contributed by atoms with E-state index in [0.29, 0.717) is 10.6 Å². The largest absolute Gasteiger partial charge is 0.289 e. The molecule has 0 amide bonds. The number of carbonyl (C=O) groups excluding carboxylic acids is 1. The molecule has 0 aliphatic carbocycles. The van der Waals surface area contributed by atoms with Crippen molar-refractivity contribution in [3.8, 4) is 0 Å². The van der Waals surface area contributed by atoms with Crippen molar-refractivity contribution in [2.24, 2.45) is 0 Å². The fourth-order valence-corrected chi connectivity index (χ4v) is 3.78. The summed E-state index contributed by atoms with van der Waals surface area (Å²) < 4.78 is 2.10. The van der Waals surface area contributed by atoms with Crippen LogP contribution < -0.4 is 0 Å². The van der Waals surface area contributed by atoms with Gasteiger partial charge in [0.05, 0.1) is 0 Å². The Morgan fingerprint density at radius 3 is 2.74 bits per heavy atom. The van der Waals surface area contributed by atoms with Gasteiger partial charge in [-0.05, 0) is 34.1 Å². The maximum absolute atomic E-state index is 12.5. The number of ketones is 1. The molecule has 19 heavy (non-hydrogen) atoms. The van der Waals surface area contributed by atoms with E-state index in [9.17, 15) is 4.79 Å². The van der Waals surface area contributed by atoms with Crippen molar-refractivity contribution in [3.63, 3.8) is 0 Å².